The summed E-state index contributed by atoms with van der Waals surface area (Å²) in [6, 6.07) is 4.14. The van der Waals surface area contributed by atoms with Gasteiger partial charge in [-0.05, 0) is 24.8 Å². The Balaban J connectivity index is 0.00000243. The maximum Gasteiger partial charge on any atom is 0.194 e. The van der Waals surface area contributed by atoms with Crippen LogP contribution in [0.15, 0.2) is 23.3 Å². The van der Waals surface area contributed by atoms with Gasteiger partial charge in [0.05, 0.1) is 19.8 Å². The maximum absolute atomic E-state index is 5.46. The summed E-state index contributed by atoms with van der Waals surface area (Å²) in [7, 11) is 0. The van der Waals surface area contributed by atoms with Crippen LogP contribution < -0.4 is 10.2 Å². The number of ether oxygens (including phenoxy) is 1. The smallest absolute Gasteiger partial charge is 0.194 e. The van der Waals surface area contributed by atoms with Crippen molar-refractivity contribution < 1.29 is 4.74 Å². The molecule has 0 aromatic carbocycles. The Labute approximate surface area is 174 Å². The molecule has 3 heterocycles. The lowest BCUT2D eigenvalue weighted by Gasteiger charge is -2.29. The van der Waals surface area contributed by atoms with Crippen LogP contribution >= 0.6 is 24.0 Å². The van der Waals surface area contributed by atoms with E-state index in [2.05, 4.69) is 46.9 Å². The molecule has 1 aromatic rings. The van der Waals surface area contributed by atoms with Crippen LogP contribution in [0.25, 0.3) is 0 Å². The summed E-state index contributed by atoms with van der Waals surface area (Å²) in [5, 5.41) is 3.45. The van der Waals surface area contributed by atoms with Crippen LogP contribution in [0, 0.1) is 5.41 Å². The summed E-state index contributed by atoms with van der Waals surface area (Å²) in [4.78, 5) is 14.2. The largest absolute Gasteiger partial charge is 0.378 e. The molecule has 0 unspecified atom stereocenters. The van der Waals surface area contributed by atoms with Crippen LogP contribution in [-0.4, -0.2) is 61.8 Å². The molecule has 146 valence electrons. The molecular weight excluding hydrogens is 441 g/mol. The zero-order valence-corrected chi connectivity index (χ0v) is 18.5. The van der Waals surface area contributed by atoms with Gasteiger partial charge >= 0.3 is 0 Å². The van der Waals surface area contributed by atoms with Crippen molar-refractivity contribution in [3.8, 4) is 0 Å². The Kier molecular flexibility index (Phi) is 7.94. The van der Waals surface area contributed by atoms with E-state index in [0.717, 1.165) is 57.7 Å². The molecule has 0 amide bonds. The Morgan fingerprint density at radius 3 is 2.73 bits per heavy atom. The van der Waals surface area contributed by atoms with Gasteiger partial charge in [-0.3, -0.25) is 0 Å². The van der Waals surface area contributed by atoms with Gasteiger partial charge in [0.15, 0.2) is 5.96 Å². The number of pyridine rings is 1. The van der Waals surface area contributed by atoms with Gasteiger partial charge in [0.25, 0.3) is 0 Å². The van der Waals surface area contributed by atoms with Crippen molar-refractivity contribution in [2.75, 3.05) is 50.8 Å². The summed E-state index contributed by atoms with van der Waals surface area (Å²) in [5.41, 5.74) is 1.54. The second kappa shape index (κ2) is 9.73. The van der Waals surface area contributed by atoms with Crippen LogP contribution in [0.4, 0.5) is 5.82 Å². The number of rotatable bonds is 4. The topological polar surface area (TPSA) is 53.0 Å². The van der Waals surface area contributed by atoms with E-state index >= 15 is 0 Å². The second-order valence-electron chi connectivity index (χ2n) is 7.59. The van der Waals surface area contributed by atoms with Gasteiger partial charge in [0.1, 0.15) is 5.82 Å². The molecule has 0 bridgehead atoms. The third-order valence-corrected chi connectivity index (χ3v) is 4.89. The van der Waals surface area contributed by atoms with Crippen LogP contribution in [0.5, 0.6) is 0 Å². The minimum atomic E-state index is 0. The zero-order chi connectivity index (χ0) is 17.7. The Bertz CT molecular complexity index is 601. The molecule has 26 heavy (non-hydrogen) atoms. The number of anilines is 1. The lowest BCUT2D eigenvalue weighted by molar-refractivity contribution is 0.122. The van der Waals surface area contributed by atoms with E-state index in [-0.39, 0.29) is 24.0 Å². The van der Waals surface area contributed by atoms with Crippen molar-refractivity contribution in [3.05, 3.63) is 23.9 Å². The van der Waals surface area contributed by atoms with Crippen LogP contribution in [0.3, 0.4) is 0 Å². The predicted octanol–water partition coefficient (Wildman–Crippen LogP) is 2.73. The quantitative estimate of drug-likeness (QED) is 0.414. The highest BCUT2D eigenvalue weighted by molar-refractivity contribution is 14.0. The summed E-state index contributed by atoms with van der Waals surface area (Å²) in [6.07, 6.45) is 3.08. The van der Waals surface area contributed by atoms with Crippen molar-refractivity contribution in [1.29, 1.82) is 0 Å². The molecule has 6 nitrogen and oxygen atoms in total. The van der Waals surface area contributed by atoms with E-state index < -0.39 is 0 Å². The van der Waals surface area contributed by atoms with Crippen molar-refractivity contribution >= 4 is 35.8 Å². The number of nitrogens with zero attached hydrogens (tertiary/aromatic N) is 4. The number of likely N-dealkylation sites (tertiary alicyclic amines) is 1. The monoisotopic (exact) mass is 473 g/mol. The molecule has 1 aromatic heterocycles. The van der Waals surface area contributed by atoms with Gasteiger partial charge < -0.3 is 19.9 Å². The van der Waals surface area contributed by atoms with E-state index in [4.69, 9.17) is 9.73 Å². The fourth-order valence-electron chi connectivity index (χ4n) is 3.49. The summed E-state index contributed by atoms with van der Waals surface area (Å²) >= 11 is 0. The van der Waals surface area contributed by atoms with Crippen molar-refractivity contribution in [2.24, 2.45) is 10.4 Å². The zero-order valence-electron chi connectivity index (χ0n) is 16.2. The minimum absolute atomic E-state index is 0. The molecule has 0 aliphatic carbocycles. The van der Waals surface area contributed by atoms with E-state index in [0.29, 0.717) is 12.0 Å². The molecule has 7 heteroatoms. The standard InChI is InChI=1S/C19H31N5O.HI/c1-4-20-18(24-9-7-19(2,3)15-24)22-14-16-6-5-8-21-17(16)23-10-12-25-13-11-23;/h5-6,8H,4,7,9-15H2,1-3H3,(H,20,22);1H. The SMILES string of the molecule is CCNC(=NCc1cccnc1N1CCOCC1)N1CCC(C)(C)C1.I. The number of aliphatic imine (C=N–C) groups is 1. The first-order chi connectivity index (χ1) is 12.1. The first kappa shape index (κ1) is 21.2. The second-order valence-corrected chi connectivity index (χ2v) is 7.59. The fraction of sp³-hybridized carbons (Fsp3) is 0.684. The third kappa shape index (κ3) is 5.45. The lowest BCUT2D eigenvalue weighted by Crippen LogP contribution is -2.40. The van der Waals surface area contributed by atoms with Crippen LogP contribution in [0.2, 0.25) is 0 Å². The van der Waals surface area contributed by atoms with Gasteiger partial charge in [0, 0.05) is 44.5 Å². The summed E-state index contributed by atoms with van der Waals surface area (Å²) in [5.74, 6) is 2.07. The number of hydrogen-bond donors (Lipinski definition) is 1. The lowest BCUT2D eigenvalue weighted by atomic mass is 9.93. The number of nitrogens with one attached hydrogen (secondary N) is 1. The van der Waals surface area contributed by atoms with Crippen LogP contribution in [-0.2, 0) is 11.3 Å². The molecule has 0 atom stereocenters. The Hall–Kier alpha value is -1.09. The molecule has 2 aliphatic rings. The molecule has 2 aliphatic heterocycles. The highest BCUT2D eigenvalue weighted by Gasteiger charge is 2.30. The van der Waals surface area contributed by atoms with Crippen molar-refractivity contribution in [3.63, 3.8) is 0 Å². The Morgan fingerprint density at radius 2 is 2.08 bits per heavy atom. The average Bonchev–Trinajstić information content (AvgIpc) is 2.99. The van der Waals surface area contributed by atoms with Gasteiger partial charge in [-0.2, -0.15) is 0 Å². The summed E-state index contributed by atoms with van der Waals surface area (Å²) in [6.45, 7) is 13.8. The summed E-state index contributed by atoms with van der Waals surface area (Å²) < 4.78 is 5.46. The molecule has 0 saturated carbocycles. The molecule has 0 spiro atoms. The first-order valence-corrected chi connectivity index (χ1v) is 9.39. The number of guanidine groups is 1. The van der Waals surface area contributed by atoms with Crippen LogP contribution in [0.1, 0.15) is 32.8 Å². The molecule has 0 radical (unpaired) electrons. The molecule has 1 N–H and O–H groups in total. The van der Waals surface area contributed by atoms with Crippen molar-refractivity contribution in [2.45, 2.75) is 33.7 Å². The van der Waals surface area contributed by atoms with Gasteiger partial charge in [-0.25, -0.2) is 9.98 Å². The van der Waals surface area contributed by atoms with E-state index in [1.165, 1.54) is 12.0 Å². The fourth-order valence-corrected chi connectivity index (χ4v) is 3.49. The highest BCUT2D eigenvalue weighted by atomic mass is 127. The first-order valence-electron chi connectivity index (χ1n) is 9.39. The molecule has 2 saturated heterocycles. The third-order valence-electron chi connectivity index (χ3n) is 4.89. The van der Waals surface area contributed by atoms with E-state index in [1.54, 1.807) is 0 Å². The normalized spacial score (nSPS) is 20.0. The van der Waals surface area contributed by atoms with Gasteiger partial charge in [-0.1, -0.05) is 19.9 Å². The molecular formula is C19H32IN5O. The van der Waals surface area contributed by atoms with Gasteiger partial charge in [0.2, 0.25) is 0 Å². The minimum Gasteiger partial charge on any atom is -0.378 e. The van der Waals surface area contributed by atoms with E-state index in [9.17, 15) is 0 Å². The predicted molar refractivity (Wildman–Crippen MR) is 117 cm³/mol. The molecule has 2 fully saturated rings. The average molecular weight is 473 g/mol. The number of aromatic nitrogens is 1. The number of morpholine rings is 1. The van der Waals surface area contributed by atoms with E-state index in [1.807, 2.05) is 12.3 Å². The number of hydrogen-bond acceptors (Lipinski definition) is 4. The Morgan fingerprint density at radius 1 is 1.31 bits per heavy atom. The van der Waals surface area contributed by atoms with Gasteiger partial charge in [-0.15, -0.1) is 24.0 Å². The molecule has 3 rings (SSSR count). The maximum atomic E-state index is 5.46. The number of halogens is 1. The van der Waals surface area contributed by atoms with Crippen molar-refractivity contribution in [1.82, 2.24) is 15.2 Å². The highest BCUT2D eigenvalue weighted by Crippen LogP contribution is 2.29.